The number of non-ortho nitro benzene ring substituents is 1. The second-order valence-corrected chi connectivity index (χ2v) is 5.38. The van der Waals surface area contributed by atoms with Crippen molar-refractivity contribution in [1.29, 1.82) is 0 Å². The molecule has 20 heavy (non-hydrogen) atoms. The minimum atomic E-state index is -0.365. The molecule has 1 atom stereocenters. The molecule has 4 nitrogen and oxygen atoms in total. The van der Waals surface area contributed by atoms with Crippen molar-refractivity contribution in [3.8, 4) is 0 Å². The number of anilines is 1. The molecule has 1 unspecified atom stereocenters. The van der Waals surface area contributed by atoms with Gasteiger partial charge < -0.3 is 5.32 Å². The van der Waals surface area contributed by atoms with Crippen LogP contribution in [0.1, 0.15) is 24.9 Å². The summed E-state index contributed by atoms with van der Waals surface area (Å²) >= 11 is 3.40. The largest absolute Gasteiger partial charge is 0.378 e. The molecule has 0 aliphatic rings. The van der Waals surface area contributed by atoms with E-state index in [1.165, 1.54) is 6.07 Å². The minimum absolute atomic E-state index is 0.0519. The van der Waals surface area contributed by atoms with E-state index in [2.05, 4.69) is 28.2 Å². The zero-order chi connectivity index (χ0) is 14.5. The first-order valence-electron chi connectivity index (χ1n) is 6.36. The second kappa shape index (κ2) is 6.52. The highest BCUT2D eigenvalue weighted by Gasteiger charge is 2.13. The maximum absolute atomic E-state index is 10.8. The fourth-order valence-electron chi connectivity index (χ4n) is 2.02. The van der Waals surface area contributed by atoms with Crippen LogP contribution in [-0.4, -0.2) is 4.92 Å². The Morgan fingerprint density at radius 1 is 1.25 bits per heavy atom. The van der Waals surface area contributed by atoms with Gasteiger partial charge in [0.1, 0.15) is 0 Å². The molecule has 2 aromatic carbocycles. The second-order valence-electron chi connectivity index (χ2n) is 4.46. The maximum Gasteiger partial charge on any atom is 0.269 e. The Morgan fingerprint density at radius 3 is 2.55 bits per heavy atom. The van der Waals surface area contributed by atoms with Gasteiger partial charge in [-0.1, -0.05) is 35.0 Å². The van der Waals surface area contributed by atoms with Gasteiger partial charge in [0, 0.05) is 22.3 Å². The molecule has 0 amide bonds. The number of nitrogens with zero attached hydrogens (tertiary/aromatic N) is 1. The lowest BCUT2D eigenvalue weighted by molar-refractivity contribution is -0.384. The van der Waals surface area contributed by atoms with E-state index in [1.54, 1.807) is 12.1 Å². The molecule has 0 aliphatic carbocycles. The highest BCUT2D eigenvalue weighted by atomic mass is 79.9. The molecule has 0 heterocycles. The Balaban J connectivity index is 2.21. The van der Waals surface area contributed by atoms with Gasteiger partial charge in [0.2, 0.25) is 0 Å². The molecule has 0 aliphatic heterocycles. The monoisotopic (exact) mass is 334 g/mol. The van der Waals surface area contributed by atoms with Crippen LogP contribution in [0.3, 0.4) is 0 Å². The van der Waals surface area contributed by atoms with Gasteiger partial charge in [-0.3, -0.25) is 10.1 Å². The molecule has 1 N–H and O–H groups in total. The van der Waals surface area contributed by atoms with E-state index in [1.807, 2.05) is 30.3 Å². The van der Waals surface area contributed by atoms with Crippen molar-refractivity contribution >= 4 is 27.3 Å². The van der Waals surface area contributed by atoms with Crippen molar-refractivity contribution in [3.05, 3.63) is 68.7 Å². The average molecular weight is 335 g/mol. The fourth-order valence-corrected chi connectivity index (χ4v) is 2.29. The number of halogens is 1. The summed E-state index contributed by atoms with van der Waals surface area (Å²) < 4.78 is 1.02. The Hall–Kier alpha value is -1.88. The standard InChI is InChI=1S/C15H15BrN2O2/c1-2-15(17-13-8-6-12(16)7-9-13)11-4-3-5-14(10-11)18(19)20/h3-10,15,17H,2H2,1H3. The predicted molar refractivity (Wildman–Crippen MR) is 83.9 cm³/mol. The fraction of sp³-hybridized carbons (Fsp3) is 0.200. The van der Waals surface area contributed by atoms with Gasteiger partial charge in [-0.25, -0.2) is 0 Å². The average Bonchev–Trinajstić information content (AvgIpc) is 2.46. The maximum atomic E-state index is 10.8. The summed E-state index contributed by atoms with van der Waals surface area (Å²) in [5.74, 6) is 0. The molecule has 0 saturated heterocycles. The number of hydrogen-bond donors (Lipinski definition) is 1. The summed E-state index contributed by atoms with van der Waals surface area (Å²) in [6.07, 6.45) is 0.844. The van der Waals surface area contributed by atoms with Crippen LogP contribution in [0.5, 0.6) is 0 Å². The molecular formula is C15H15BrN2O2. The third-order valence-corrected chi connectivity index (χ3v) is 3.61. The Labute approximate surface area is 126 Å². The van der Waals surface area contributed by atoms with E-state index in [-0.39, 0.29) is 16.7 Å². The highest BCUT2D eigenvalue weighted by molar-refractivity contribution is 9.10. The summed E-state index contributed by atoms with van der Waals surface area (Å²) in [5, 5.41) is 14.2. The molecule has 0 radical (unpaired) electrons. The van der Waals surface area contributed by atoms with Crippen LogP contribution >= 0.6 is 15.9 Å². The summed E-state index contributed by atoms with van der Waals surface area (Å²) in [5.41, 5.74) is 2.04. The van der Waals surface area contributed by atoms with Gasteiger partial charge >= 0.3 is 0 Å². The number of rotatable bonds is 5. The quantitative estimate of drug-likeness (QED) is 0.623. The zero-order valence-electron chi connectivity index (χ0n) is 11.0. The number of hydrogen-bond acceptors (Lipinski definition) is 3. The molecule has 0 bridgehead atoms. The summed E-state index contributed by atoms with van der Waals surface area (Å²) in [7, 11) is 0. The summed E-state index contributed by atoms with van der Waals surface area (Å²) in [6.45, 7) is 2.05. The highest BCUT2D eigenvalue weighted by Crippen LogP contribution is 2.26. The molecule has 2 rings (SSSR count). The van der Waals surface area contributed by atoms with Gasteiger partial charge in [0.15, 0.2) is 0 Å². The predicted octanol–water partition coefficient (Wildman–Crippen LogP) is 4.92. The van der Waals surface area contributed by atoms with Crippen LogP contribution in [0.2, 0.25) is 0 Å². The first-order chi connectivity index (χ1) is 9.60. The summed E-state index contributed by atoms with van der Waals surface area (Å²) in [6, 6.07) is 14.7. The molecule has 2 aromatic rings. The molecule has 0 saturated carbocycles. The molecule has 5 heteroatoms. The van der Waals surface area contributed by atoms with Crippen LogP contribution in [0.25, 0.3) is 0 Å². The smallest absolute Gasteiger partial charge is 0.269 e. The van der Waals surface area contributed by atoms with Gasteiger partial charge in [-0.2, -0.15) is 0 Å². The van der Waals surface area contributed by atoms with Crippen molar-refractivity contribution in [2.24, 2.45) is 0 Å². The Kier molecular flexibility index (Phi) is 4.74. The normalized spacial score (nSPS) is 11.9. The van der Waals surface area contributed by atoms with Gasteiger partial charge in [-0.05, 0) is 36.2 Å². The van der Waals surface area contributed by atoms with Crippen molar-refractivity contribution in [2.45, 2.75) is 19.4 Å². The van der Waals surface area contributed by atoms with Crippen LogP contribution in [0.4, 0.5) is 11.4 Å². The molecule has 0 spiro atoms. The third-order valence-electron chi connectivity index (χ3n) is 3.08. The number of nitro benzene ring substituents is 1. The van der Waals surface area contributed by atoms with Gasteiger partial charge in [0.05, 0.1) is 11.0 Å². The van der Waals surface area contributed by atoms with Crippen LogP contribution < -0.4 is 5.32 Å². The first-order valence-corrected chi connectivity index (χ1v) is 7.16. The Bertz CT molecular complexity index is 599. The SMILES string of the molecule is CCC(Nc1ccc(Br)cc1)c1cccc([N+](=O)[O-])c1. The van der Waals surface area contributed by atoms with E-state index in [0.29, 0.717) is 0 Å². The number of nitro groups is 1. The van der Waals surface area contributed by atoms with Crippen LogP contribution in [0.15, 0.2) is 53.0 Å². The molecule has 0 aromatic heterocycles. The Morgan fingerprint density at radius 2 is 1.95 bits per heavy atom. The first kappa shape index (κ1) is 14.5. The lowest BCUT2D eigenvalue weighted by atomic mass is 10.0. The third kappa shape index (κ3) is 3.57. The molecule has 104 valence electrons. The lowest BCUT2D eigenvalue weighted by Crippen LogP contribution is -2.09. The van der Waals surface area contributed by atoms with Crippen LogP contribution in [-0.2, 0) is 0 Å². The van der Waals surface area contributed by atoms with Crippen LogP contribution in [0, 0.1) is 10.1 Å². The van der Waals surface area contributed by atoms with Gasteiger partial charge in [-0.15, -0.1) is 0 Å². The molecule has 0 fully saturated rings. The van der Waals surface area contributed by atoms with E-state index >= 15 is 0 Å². The number of benzene rings is 2. The topological polar surface area (TPSA) is 55.2 Å². The minimum Gasteiger partial charge on any atom is -0.378 e. The van der Waals surface area contributed by atoms with E-state index < -0.39 is 0 Å². The van der Waals surface area contributed by atoms with Crippen molar-refractivity contribution in [3.63, 3.8) is 0 Å². The molecular weight excluding hydrogens is 320 g/mol. The van der Waals surface area contributed by atoms with Crippen molar-refractivity contribution in [2.75, 3.05) is 5.32 Å². The van der Waals surface area contributed by atoms with E-state index in [4.69, 9.17) is 0 Å². The zero-order valence-corrected chi connectivity index (χ0v) is 12.6. The van der Waals surface area contributed by atoms with Crippen molar-refractivity contribution in [1.82, 2.24) is 0 Å². The summed E-state index contributed by atoms with van der Waals surface area (Å²) in [4.78, 5) is 10.5. The number of nitrogens with one attached hydrogen (secondary N) is 1. The van der Waals surface area contributed by atoms with E-state index in [0.717, 1.165) is 22.1 Å². The van der Waals surface area contributed by atoms with Gasteiger partial charge in [0.25, 0.3) is 5.69 Å². The lowest BCUT2D eigenvalue weighted by Gasteiger charge is -2.18. The van der Waals surface area contributed by atoms with E-state index in [9.17, 15) is 10.1 Å². The van der Waals surface area contributed by atoms with Crippen molar-refractivity contribution < 1.29 is 4.92 Å².